The molecule has 0 radical (unpaired) electrons. The number of Topliss-reactive ketones (excluding diaryl/α,β-unsaturated/α-hetero) is 1. The molecule has 0 amide bonds. The Morgan fingerprint density at radius 1 is 1.47 bits per heavy atom. The minimum absolute atomic E-state index is 0.0596. The molecule has 0 aromatic rings. The third kappa shape index (κ3) is 0.742. The third-order valence-electron chi connectivity index (χ3n) is 5.77. The minimum atomic E-state index is -0.959. The number of carbonyl (C=O) groups is 2. The summed E-state index contributed by atoms with van der Waals surface area (Å²) in [6.45, 7) is 2.06. The smallest absolute Gasteiger partial charge is 0.322 e. The van der Waals surface area contributed by atoms with E-state index in [2.05, 4.69) is 6.92 Å². The molecule has 92 valence electrons. The number of ketones is 1. The molecule has 4 fully saturated rings. The standard InChI is InChI=1S/C13H16O4/c1-11-7-3-4-8(14)13(9(11)17-11,10(15)16-2)12(7)5-6-12/h7,9H,3-6H2,1-2H3/t7-,9-,11-,13+/m0/s1. The van der Waals surface area contributed by atoms with Crippen LogP contribution in [-0.4, -0.2) is 30.6 Å². The van der Waals surface area contributed by atoms with Crippen molar-refractivity contribution < 1.29 is 19.1 Å². The van der Waals surface area contributed by atoms with Crippen LogP contribution in [0.4, 0.5) is 0 Å². The maximum absolute atomic E-state index is 12.4. The van der Waals surface area contributed by atoms with E-state index >= 15 is 0 Å². The first kappa shape index (κ1) is 10.1. The quantitative estimate of drug-likeness (QED) is 0.388. The van der Waals surface area contributed by atoms with Crippen molar-refractivity contribution in [2.24, 2.45) is 16.7 Å². The molecule has 1 spiro atoms. The summed E-state index contributed by atoms with van der Waals surface area (Å²) < 4.78 is 10.7. The SMILES string of the molecule is COC(=O)[C@]12C(=O)CC[C@H](C13CC3)[C@]1(C)O[C@@H]12. The molecule has 2 bridgehead atoms. The molecule has 4 atom stereocenters. The number of hydrogen-bond donors (Lipinski definition) is 0. The molecule has 1 aliphatic heterocycles. The Balaban J connectivity index is 1.94. The van der Waals surface area contributed by atoms with E-state index in [-0.39, 0.29) is 28.9 Å². The van der Waals surface area contributed by atoms with E-state index in [9.17, 15) is 9.59 Å². The molecule has 1 saturated heterocycles. The highest BCUT2D eigenvalue weighted by molar-refractivity contribution is 6.08. The Kier molecular flexibility index (Phi) is 1.44. The summed E-state index contributed by atoms with van der Waals surface area (Å²) in [6.07, 6.45) is 3.13. The zero-order valence-electron chi connectivity index (χ0n) is 10.1. The van der Waals surface area contributed by atoms with E-state index in [0.29, 0.717) is 12.3 Å². The predicted octanol–water partition coefficient (Wildman–Crippen LogP) is 1.08. The molecule has 0 unspecified atom stereocenters. The molecule has 4 rings (SSSR count). The van der Waals surface area contributed by atoms with Crippen LogP contribution in [0.3, 0.4) is 0 Å². The zero-order valence-corrected chi connectivity index (χ0v) is 10.1. The summed E-state index contributed by atoms with van der Waals surface area (Å²) >= 11 is 0. The van der Waals surface area contributed by atoms with Crippen LogP contribution in [0.1, 0.15) is 32.6 Å². The van der Waals surface area contributed by atoms with Crippen LogP contribution in [0.15, 0.2) is 0 Å². The number of esters is 1. The van der Waals surface area contributed by atoms with Gasteiger partial charge in [0.2, 0.25) is 0 Å². The number of methoxy groups -OCH3 is 1. The molecule has 4 nitrogen and oxygen atoms in total. The molecule has 4 aliphatic rings. The van der Waals surface area contributed by atoms with Gasteiger partial charge < -0.3 is 9.47 Å². The Morgan fingerprint density at radius 2 is 2.18 bits per heavy atom. The van der Waals surface area contributed by atoms with Gasteiger partial charge in [0.25, 0.3) is 0 Å². The molecule has 0 N–H and O–H groups in total. The van der Waals surface area contributed by atoms with Gasteiger partial charge in [-0.2, -0.15) is 0 Å². The summed E-state index contributed by atoms with van der Waals surface area (Å²) in [4.78, 5) is 24.7. The Morgan fingerprint density at radius 3 is 2.76 bits per heavy atom. The first-order chi connectivity index (χ1) is 8.04. The van der Waals surface area contributed by atoms with Crippen LogP contribution in [-0.2, 0) is 19.1 Å². The van der Waals surface area contributed by atoms with Gasteiger partial charge in [0.1, 0.15) is 6.10 Å². The number of epoxide rings is 1. The van der Waals surface area contributed by atoms with Gasteiger partial charge in [0.05, 0.1) is 12.7 Å². The van der Waals surface area contributed by atoms with Crippen molar-refractivity contribution >= 4 is 11.8 Å². The van der Waals surface area contributed by atoms with Gasteiger partial charge in [0.15, 0.2) is 11.2 Å². The average molecular weight is 236 g/mol. The van der Waals surface area contributed by atoms with Gasteiger partial charge in [-0.15, -0.1) is 0 Å². The van der Waals surface area contributed by atoms with Gasteiger partial charge in [0, 0.05) is 11.8 Å². The van der Waals surface area contributed by atoms with Crippen LogP contribution in [0.5, 0.6) is 0 Å². The van der Waals surface area contributed by atoms with E-state index in [0.717, 1.165) is 19.3 Å². The molecule has 4 heteroatoms. The highest BCUT2D eigenvalue weighted by atomic mass is 16.6. The van der Waals surface area contributed by atoms with Crippen LogP contribution >= 0.6 is 0 Å². The first-order valence-corrected chi connectivity index (χ1v) is 6.33. The normalized spacial score (nSPS) is 52.2. The fourth-order valence-electron chi connectivity index (χ4n) is 5.01. The minimum Gasteiger partial charge on any atom is -0.468 e. The number of hydrogen-bond acceptors (Lipinski definition) is 4. The van der Waals surface area contributed by atoms with Gasteiger partial charge in [-0.1, -0.05) is 0 Å². The molecule has 0 aromatic carbocycles. The van der Waals surface area contributed by atoms with Crippen LogP contribution < -0.4 is 0 Å². The monoisotopic (exact) mass is 236 g/mol. The summed E-state index contributed by atoms with van der Waals surface area (Å²) in [5.74, 6) is 0.0806. The van der Waals surface area contributed by atoms with Crippen LogP contribution in [0, 0.1) is 16.7 Å². The second-order valence-corrected chi connectivity index (χ2v) is 6.15. The van der Waals surface area contributed by atoms with Gasteiger partial charge in [-0.3, -0.25) is 9.59 Å². The van der Waals surface area contributed by atoms with Gasteiger partial charge in [-0.25, -0.2) is 0 Å². The maximum atomic E-state index is 12.4. The zero-order chi connectivity index (χ0) is 12.1. The van der Waals surface area contributed by atoms with Crippen molar-refractivity contribution in [1.29, 1.82) is 0 Å². The Labute approximate surface area is 99.6 Å². The number of carbonyl (C=O) groups excluding carboxylic acids is 2. The Bertz CT molecular complexity index is 442. The fourth-order valence-corrected chi connectivity index (χ4v) is 5.01. The molecular formula is C13H16O4. The van der Waals surface area contributed by atoms with E-state index in [4.69, 9.17) is 9.47 Å². The maximum Gasteiger partial charge on any atom is 0.322 e. The van der Waals surface area contributed by atoms with Crippen molar-refractivity contribution in [2.45, 2.75) is 44.3 Å². The molecule has 0 aromatic heterocycles. The fraction of sp³-hybridized carbons (Fsp3) is 0.846. The Hall–Kier alpha value is -0.900. The van der Waals surface area contributed by atoms with E-state index in [1.807, 2.05) is 0 Å². The number of ether oxygens (including phenoxy) is 2. The highest BCUT2D eigenvalue weighted by Crippen LogP contribution is 2.82. The summed E-state index contributed by atoms with van der Waals surface area (Å²) in [7, 11) is 1.38. The average Bonchev–Trinajstić information content (AvgIpc) is 3.18. The van der Waals surface area contributed by atoms with E-state index in [1.54, 1.807) is 0 Å². The van der Waals surface area contributed by atoms with Gasteiger partial charge in [-0.05, 0) is 32.1 Å². The molecule has 3 aliphatic carbocycles. The summed E-state index contributed by atoms with van der Waals surface area (Å²) in [5, 5.41) is 0. The van der Waals surface area contributed by atoms with E-state index in [1.165, 1.54) is 7.11 Å². The lowest BCUT2D eigenvalue weighted by Gasteiger charge is -2.41. The topological polar surface area (TPSA) is 55.9 Å². The van der Waals surface area contributed by atoms with Crippen molar-refractivity contribution in [3.05, 3.63) is 0 Å². The second kappa shape index (κ2) is 2.44. The lowest BCUT2D eigenvalue weighted by Crippen LogP contribution is -2.53. The number of rotatable bonds is 1. The molecule has 1 heterocycles. The summed E-state index contributed by atoms with van der Waals surface area (Å²) in [6, 6.07) is 0. The molecular weight excluding hydrogens is 220 g/mol. The molecule has 3 saturated carbocycles. The van der Waals surface area contributed by atoms with Crippen molar-refractivity contribution in [1.82, 2.24) is 0 Å². The van der Waals surface area contributed by atoms with Crippen molar-refractivity contribution in [3.8, 4) is 0 Å². The highest BCUT2D eigenvalue weighted by Gasteiger charge is 2.91. The van der Waals surface area contributed by atoms with E-state index < -0.39 is 5.41 Å². The predicted molar refractivity (Wildman–Crippen MR) is 57.1 cm³/mol. The van der Waals surface area contributed by atoms with Crippen LogP contribution in [0.25, 0.3) is 0 Å². The lowest BCUT2D eigenvalue weighted by atomic mass is 9.62. The third-order valence-corrected chi connectivity index (χ3v) is 5.77. The second-order valence-electron chi connectivity index (χ2n) is 6.15. The summed E-state index contributed by atoms with van der Waals surface area (Å²) in [5.41, 5.74) is -1.32. The largest absolute Gasteiger partial charge is 0.468 e. The number of fused-ring (bicyclic) bond motifs is 3. The molecule has 17 heavy (non-hydrogen) atoms. The van der Waals surface area contributed by atoms with Crippen LogP contribution in [0.2, 0.25) is 0 Å². The first-order valence-electron chi connectivity index (χ1n) is 6.33. The van der Waals surface area contributed by atoms with Crippen molar-refractivity contribution in [3.63, 3.8) is 0 Å². The lowest BCUT2D eigenvalue weighted by molar-refractivity contribution is -0.170. The van der Waals surface area contributed by atoms with Gasteiger partial charge >= 0.3 is 5.97 Å². The van der Waals surface area contributed by atoms with Crippen molar-refractivity contribution in [2.75, 3.05) is 7.11 Å².